The van der Waals surface area contributed by atoms with Crippen LogP contribution in [-0.2, 0) is 4.79 Å². The number of aryl methyl sites for hydroxylation is 2. The predicted octanol–water partition coefficient (Wildman–Crippen LogP) is 4.50. The summed E-state index contributed by atoms with van der Waals surface area (Å²) in [6.45, 7) is 7.66. The van der Waals surface area contributed by atoms with Crippen LogP contribution in [0.1, 0.15) is 33.8 Å². The summed E-state index contributed by atoms with van der Waals surface area (Å²) in [4.78, 5) is 12.0. The molecule has 7 nitrogen and oxygen atoms in total. The van der Waals surface area contributed by atoms with E-state index in [4.69, 9.17) is 4.42 Å². The lowest BCUT2D eigenvalue weighted by Gasteiger charge is -2.06. The van der Waals surface area contributed by atoms with Crippen LogP contribution in [0.3, 0.4) is 0 Å². The van der Waals surface area contributed by atoms with Crippen molar-refractivity contribution < 1.29 is 9.21 Å². The Bertz CT molecular complexity index is 1150. The first-order valence-electron chi connectivity index (χ1n) is 9.32. The van der Waals surface area contributed by atoms with Gasteiger partial charge in [0.15, 0.2) is 0 Å². The molecule has 1 amide bonds. The van der Waals surface area contributed by atoms with Crippen LogP contribution in [0.2, 0.25) is 0 Å². The molecule has 0 bridgehead atoms. The number of hydrogen-bond acceptors (Lipinski definition) is 5. The van der Waals surface area contributed by atoms with Gasteiger partial charge >= 0.3 is 0 Å². The van der Waals surface area contributed by atoms with Gasteiger partial charge in [-0.15, -0.1) is 0 Å². The minimum Gasteiger partial charge on any atom is -0.443 e. The second-order valence-corrected chi connectivity index (χ2v) is 7.81. The number of furan rings is 1. The monoisotopic (exact) mass is 467 g/mol. The maximum Gasteiger partial charge on any atom is 0.259 e. The van der Waals surface area contributed by atoms with Crippen molar-refractivity contribution in [2.45, 2.75) is 27.7 Å². The summed E-state index contributed by atoms with van der Waals surface area (Å²) < 4.78 is 8.70. The summed E-state index contributed by atoms with van der Waals surface area (Å²) in [5, 5.41) is 16.6. The summed E-state index contributed by atoms with van der Waals surface area (Å²) in [6, 6.07) is 11.7. The summed E-state index contributed by atoms with van der Waals surface area (Å²) >= 11 is 3.37. The number of hydrazone groups is 1. The van der Waals surface area contributed by atoms with Gasteiger partial charge in [0.05, 0.1) is 12.8 Å². The third kappa shape index (κ3) is 4.47. The second-order valence-electron chi connectivity index (χ2n) is 6.89. The van der Waals surface area contributed by atoms with Gasteiger partial charge in [0.1, 0.15) is 17.4 Å². The second kappa shape index (κ2) is 9.01. The summed E-state index contributed by atoms with van der Waals surface area (Å²) in [5.41, 5.74) is 7.31. The minimum atomic E-state index is -0.257. The van der Waals surface area contributed by atoms with E-state index < -0.39 is 0 Å². The quantitative estimate of drug-likeness (QED) is 0.411. The van der Waals surface area contributed by atoms with Gasteiger partial charge in [0.25, 0.3) is 5.91 Å². The molecule has 0 radical (unpaired) electrons. The fraction of sp³-hybridized carbons (Fsp3) is 0.227. The zero-order valence-corrected chi connectivity index (χ0v) is 18.8. The van der Waals surface area contributed by atoms with Gasteiger partial charge in [0, 0.05) is 32.7 Å². The average molecular weight is 468 g/mol. The maximum absolute atomic E-state index is 12.0. The van der Waals surface area contributed by atoms with E-state index in [1.807, 2.05) is 62.6 Å². The molecule has 0 saturated heterocycles. The largest absolute Gasteiger partial charge is 0.443 e. The van der Waals surface area contributed by atoms with Crippen molar-refractivity contribution in [2.75, 3.05) is 11.9 Å². The number of anilines is 1. The number of nitrogens with zero attached hydrogens (tertiary/aromatic N) is 3. The Labute approximate surface area is 183 Å². The van der Waals surface area contributed by atoms with E-state index >= 15 is 0 Å². The summed E-state index contributed by atoms with van der Waals surface area (Å²) in [5.74, 6) is 0.965. The van der Waals surface area contributed by atoms with E-state index in [9.17, 15) is 10.1 Å². The van der Waals surface area contributed by atoms with Crippen LogP contribution in [-0.4, -0.2) is 23.2 Å². The third-order valence-electron chi connectivity index (χ3n) is 4.84. The Morgan fingerprint density at radius 1 is 1.27 bits per heavy atom. The highest BCUT2D eigenvalue weighted by Crippen LogP contribution is 2.28. The van der Waals surface area contributed by atoms with E-state index in [1.54, 1.807) is 6.21 Å². The molecular weight excluding hydrogens is 446 g/mol. The number of rotatable bonds is 6. The maximum atomic E-state index is 12.0. The number of benzene rings is 1. The molecule has 1 aromatic carbocycles. The van der Waals surface area contributed by atoms with Crippen molar-refractivity contribution in [3.05, 3.63) is 68.6 Å². The standard InChI is InChI=1S/C22H22BrN5O2/c1-13-9-17(15(3)28(13)22-20(10-24)14(2)16(4)30-22)11-26-27-21(29)12-25-19-7-5-18(23)6-8-19/h5-9,11,25H,12H2,1-4H3,(H,27,29)/b26-11-. The van der Waals surface area contributed by atoms with Crippen LogP contribution < -0.4 is 10.7 Å². The van der Waals surface area contributed by atoms with Gasteiger partial charge in [0.2, 0.25) is 5.88 Å². The van der Waals surface area contributed by atoms with Gasteiger partial charge in [-0.3, -0.25) is 9.36 Å². The average Bonchev–Trinajstić information content (AvgIpc) is 3.15. The van der Waals surface area contributed by atoms with E-state index in [0.29, 0.717) is 11.4 Å². The van der Waals surface area contributed by atoms with Crippen LogP contribution in [0.15, 0.2) is 44.3 Å². The predicted molar refractivity (Wildman–Crippen MR) is 120 cm³/mol. The highest BCUT2D eigenvalue weighted by atomic mass is 79.9. The van der Waals surface area contributed by atoms with Crippen LogP contribution in [0.4, 0.5) is 5.69 Å². The van der Waals surface area contributed by atoms with Crippen molar-refractivity contribution in [2.24, 2.45) is 5.10 Å². The number of halogens is 1. The molecule has 3 aromatic rings. The Morgan fingerprint density at radius 2 is 1.97 bits per heavy atom. The Hall–Kier alpha value is -3.31. The molecule has 0 atom stereocenters. The normalized spacial score (nSPS) is 10.9. The zero-order valence-electron chi connectivity index (χ0n) is 17.2. The smallest absolute Gasteiger partial charge is 0.259 e. The lowest BCUT2D eigenvalue weighted by Crippen LogP contribution is -2.25. The molecule has 8 heteroatoms. The number of aromatic nitrogens is 1. The van der Waals surface area contributed by atoms with Crippen LogP contribution in [0, 0.1) is 39.0 Å². The van der Waals surface area contributed by atoms with Crippen molar-refractivity contribution in [3.8, 4) is 12.0 Å². The summed E-state index contributed by atoms with van der Waals surface area (Å²) in [6.07, 6.45) is 1.59. The molecule has 2 aromatic heterocycles. The number of nitrogens with one attached hydrogen (secondary N) is 2. The van der Waals surface area contributed by atoms with Gasteiger partial charge in [-0.2, -0.15) is 10.4 Å². The first kappa shape index (κ1) is 21.4. The number of nitriles is 1. The number of carbonyl (C=O) groups excluding carboxylic acids is 1. The number of amides is 1. The Kier molecular flexibility index (Phi) is 6.43. The number of carbonyl (C=O) groups is 1. The molecule has 3 rings (SSSR count). The molecule has 2 heterocycles. The SMILES string of the molecule is Cc1oc(-n2c(C)cc(/C=N\NC(=O)CNc3ccc(Br)cc3)c2C)c(C#N)c1C. The molecule has 0 aliphatic heterocycles. The first-order valence-corrected chi connectivity index (χ1v) is 10.1. The molecule has 0 aliphatic rings. The fourth-order valence-corrected chi connectivity index (χ4v) is 3.36. The molecule has 0 fully saturated rings. The molecule has 0 aliphatic carbocycles. The molecular formula is C22H22BrN5O2. The van der Waals surface area contributed by atoms with Crippen molar-refractivity contribution in [3.63, 3.8) is 0 Å². The molecule has 30 heavy (non-hydrogen) atoms. The highest BCUT2D eigenvalue weighted by Gasteiger charge is 2.20. The fourth-order valence-electron chi connectivity index (χ4n) is 3.09. The lowest BCUT2D eigenvalue weighted by molar-refractivity contribution is -0.119. The van der Waals surface area contributed by atoms with Gasteiger partial charge in [-0.25, -0.2) is 5.43 Å². The van der Waals surface area contributed by atoms with E-state index in [2.05, 4.69) is 37.8 Å². The van der Waals surface area contributed by atoms with E-state index in [0.717, 1.165) is 38.4 Å². The molecule has 0 saturated carbocycles. The first-order chi connectivity index (χ1) is 14.3. The Morgan fingerprint density at radius 3 is 2.63 bits per heavy atom. The number of hydrogen-bond donors (Lipinski definition) is 2. The Balaban J connectivity index is 1.69. The van der Waals surface area contributed by atoms with Crippen LogP contribution >= 0.6 is 15.9 Å². The van der Waals surface area contributed by atoms with E-state index in [1.165, 1.54) is 0 Å². The van der Waals surface area contributed by atoms with Crippen LogP contribution in [0.5, 0.6) is 0 Å². The van der Waals surface area contributed by atoms with Gasteiger partial charge < -0.3 is 9.73 Å². The third-order valence-corrected chi connectivity index (χ3v) is 5.37. The van der Waals surface area contributed by atoms with Crippen molar-refractivity contribution in [1.82, 2.24) is 9.99 Å². The highest BCUT2D eigenvalue weighted by molar-refractivity contribution is 9.10. The molecule has 0 spiro atoms. The minimum absolute atomic E-state index is 0.106. The van der Waals surface area contributed by atoms with E-state index in [-0.39, 0.29) is 12.5 Å². The van der Waals surface area contributed by atoms with Crippen LogP contribution in [0.25, 0.3) is 5.88 Å². The van der Waals surface area contributed by atoms with Gasteiger partial charge in [-0.1, -0.05) is 15.9 Å². The topological polar surface area (TPSA) is 95.3 Å². The van der Waals surface area contributed by atoms with Crippen molar-refractivity contribution in [1.29, 1.82) is 5.26 Å². The van der Waals surface area contributed by atoms with Crippen molar-refractivity contribution >= 4 is 33.7 Å². The summed E-state index contributed by atoms with van der Waals surface area (Å²) in [7, 11) is 0. The molecule has 154 valence electrons. The molecule has 0 unspecified atom stereocenters. The lowest BCUT2D eigenvalue weighted by atomic mass is 10.2. The van der Waals surface area contributed by atoms with Gasteiger partial charge in [-0.05, 0) is 58.0 Å². The zero-order chi connectivity index (χ0) is 21.8. The molecule has 2 N–H and O–H groups in total.